The molecule has 1 aliphatic carbocycles. The van der Waals surface area contributed by atoms with Crippen molar-refractivity contribution in [3.8, 4) is 0 Å². The third-order valence-corrected chi connectivity index (χ3v) is 5.75. The predicted octanol–water partition coefficient (Wildman–Crippen LogP) is 3.75. The highest BCUT2D eigenvalue weighted by molar-refractivity contribution is 5.22. The molecule has 3 heterocycles. The van der Waals surface area contributed by atoms with E-state index in [0.29, 0.717) is 5.92 Å². The zero-order chi connectivity index (χ0) is 17.2. The fourth-order valence-electron chi connectivity index (χ4n) is 4.46. The lowest BCUT2D eigenvalue weighted by atomic mass is 9.97. The highest BCUT2D eigenvalue weighted by Gasteiger charge is 2.30. The maximum Gasteiger partial charge on any atom is 0.226 e. The summed E-state index contributed by atoms with van der Waals surface area (Å²) in [6.45, 7) is 4.10. The average Bonchev–Trinajstić information content (AvgIpc) is 3.36. The molecule has 0 aromatic carbocycles. The van der Waals surface area contributed by atoms with E-state index in [9.17, 15) is 0 Å². The van der Waals surface area contributed by atoms with Crippen LogP contribution in [0.1, 0.15) is 86.8 Å². The molecule has 1 aliphatic heterocycles. The monoisotopic (exact) mass is 343 g/mol. The Balaban J connectivity index is 1.55. The van der Waals surface area contributed by atoms with Gasteiger partial charge in [0.05, 0.1) is 11.7 Å². The first-order valence-electron chi connectivity index (χ1n) is 9.83. The van der Waals surface area contributed by atoms with Crippen molar-refractivity contribution in [2.75, 3.05) is 6.54 Å². The van der Waals surface area contributed by atoms with Gasteiger partial charge in [-0.25, -0.2) is 0 Å². The van der Waals surface area contributed by atoms with E-state index >= 15 is 0 Å². The lowest BCUT2D eigenvalue weighted by Gasteiger charge is -2.33. The molecule has 0 bridgehead atoms. The smallest absolute Gasteiger partial charge is 0.226 e. The zero-order valence-electron chi connectivity index (χ0n) is 15.4. The van der Waals surface area contributed by atoms with E-state index < -0.39 is 0 Å². The van der Waals surface area contributed by atoms with Crippen molar-refractivity contribution < 1.29 is 4.52 Å². The molecule has 1 unspecified atom stereocenters. The van der Waals surface area contributed by atoms with Gasteiger partial charge in [-0.15, -0.1) is 0 Å². The Bertz CT molecular complexity index is 700. The van der Waals surface area contributed by atoms with Crippen molar-refractivity contribution in [3.05, 3.63) is 29.2 Å². The largest absolute Gasteiger partial charge is 0.339 e. The second-order valence-electron chi connectivity index (χ2n) is 7.58. The van der Waals surface area contributed by atoms with Crippen LogP contribution in [0.25, 0.3) is 0 Å². The van der Waals surface area contributed by atoms with Crippen molar-refractivity contribution in [1.29, 1.82) is 0 Å². The molecule has 2 aromatic rings. The van der Waals surface area contributed by atoms with Crippen LogP contribution in [0.5, 0.6) is 0 Å². The molecule has 1 saturated carbocycles. The summed E-state index contributed by atoms with van der Waals surface area (Å²) in [6.07, 6.45) is 11.9. The first-order chi connectivity index (χ1) is 12.2. The van der Waals surface area contributed by atoms with Crippen molar-refractivity contribution in [1.82, 2.24) is 24.8 Å². The van der Waals surface area contributed by atoms with E-state index in [1.165, 1.54) is 49.8 Å². The molecule has 0 spiro atoms. The normalized spacial score (nSPS) is 22.7. The van der Waals surface area contributed by atoms with Crippen molar-refractivity contribution in [2.24, 2.45) is 7.05 Å². The molecular weight excluding hydrogens is 314 g/mol. The Morgan fingerprint density at radius 1 is 1.16 bits per heavy atom. The predicted molar refractivity (Wildman–Crippen MR) is 95.1 cm³/mol. The summed E-state index contributed by atoms with van der Waals surface area (Å²) in [7, 11) is 2.04. The molecular formula is C19H29N5O. The number of nitrogens with zero attached hydrogens (tertiary/aromatic N) is 5. The summed E-state index contributed by atoms with van der Waals surface area (Å²) >= 11 is 0. The molecule has 1 saturated heterocycles. The maximum atomic E-state index is 5.37. The van der Waals surface area contributed by atoms with Crippen LogP contribution in [-0.2, 0) is 20.0 Å². The first kappa shape index (κ1) is 16.8. The molecule has 6 heteroatoms. The van der Waals surface area contributed by atoms with Gasteiger partial charge in [-0.05, 0) is 32.2 Å². The van der Waals surface area contributed by atoms with E-state index in [1.54, 1.807) is 0 Å². The minimum Gasteiger partial charge on any atom is -0.339 e. The van der Waals surface area contributed by atoms with E-state index in [4.69, 9.17) is 9.62 Å². The van der Waals surface area contributed by atoms with E-state index in [1.807, 2.05) is 11.7 Å². The number of hydrogen-bond donors (Lipinski definition) is 0. The Morgan fingerprint density at radius 3 is 2.72 bits per heavy atom. The maximum absolute atomic E-state index is 5.37. The summed E-state index contributed by atoms with van der Waals surface area (Å²) in [5.41, 5.74) is 2.71. The second kappa shape index (κ2) is 7.28. The molecule has 6 nitrogen and oxygen atoms in total. The van der Waals surface area contributed by atoms with Crippen LogP contribution < -0.4 is 0 Å². The summed E-state index contributed by atoms with van der Waals surface area (Å²) in [6, 6.07) is 0.273. The van der Waals surface area contributed by atoms with E-state index in [0.717, 1.165) is 37.6 Å². The van der Waals surface area contributed by atoms with Crippen molar-refractivity contribution in [2.45, 2.75) is 76.8 Å². The number of aryl methyl sites for hydroxylation is 2. The molecule has 2 aliphatic rings. The second-order valence-corrected chi connectivity index (χ2v) is 7.58. The van der Waals surface area contributed by atoms with Gasteiger partial charge >= 0.3 is 0 Å². The van der Waals surface area contributed by atoms with Crippen LogP contribution in [0.3, 0.4) is 0 Å². The lowest BCUT2D eigenvalue weighted by molar-refractivity contribution is 0.131. The fourth-order valence-corrected chi connectivity index (χ4v) is 4.46. The van der Waals surface area contributed by atoms with Gasteiger partial charge in [0.1, 0.15) is 0 Å². The Hall–Kier alpha value is -1.69. The fraction of sp³-hybridized carbons (Fsp3) is 0.737. The zero-order valence-corrected chi connectivity index (χ0v) is 15.4. The average molecular weight is 343 g/mol. The quantitative estimate of drug-likeness (QED) is 0.827. The standard InChI is InChI=1S/C19H29N5O/c1-3-17-20-19(22-25-17)16-10-6-7-11-24(16)13-15-12-23(2)21-18(15)14-8-4-5-9-14/h12,14,16H,3-11,13H2,1-2H3. The molecule has 2 aromatic heterocycles. The van der Waals surface area contributed by atoms with Crippen LogP contribution in [0, 0.1) is 0 Å². The van der Waals surface area contributed by atoms with Crippen LogP contribution in [-0.4, -0.2) is 31.4 Å². The highest BCUT2D eigenvalue weighted by Crippen LogP contribution is 2.37. The number of hydrogen-bond acceptors (Lipinski definition) is 5. The summed E-state index contributed by atoms with van der Waals surface area (Å²) in [5, 5.41) is 9.07. The van der Waals surface area contributed by atoms with Crippen LogP contribution in [0.4, 0.5) is 0 Å². The topological polar surface area (TPSA) is 60.0 Å². The first-order valence-corrected chi connectivity index (χ1v) is 9.83. The van der Waals surface area contributed by atoms with Gasteiger partial charge in [-0.1, -0.05) is 31.3 Å². The number of rotatable bonds is 5. The molecule has 0 amide bonds. The molecule has 4 rings (SSSR count). The van der Waals surface area contributed by atoms with Gasteiger partial charge in [0.2, 0.25) is 5.89 Å². The minimum absolute atomic E-state index is 0.273. The molecule has 1 atom stereocenters. The SMILES string of the molecule is CCc1nc(C2CCCCN2Cc2cn(C)nc2C2CCCC2)no1. The van der Waals surface area contributed by atoms with Gasteiger partial charge in [-0.2, -0.15) is 10.1 Å². The Kier molecular flexibility index (Phi) is 4.88. The van der Waals surface area contributed by atoms with E-state index in [2.05, 4.69) is 28.2 Å². The molecule has 2 fully saturated rings. The number of aromatic nitrogens is 4. The third-order valence-electron chi connectivity index (χ3n) is 5.75. The van der Waals surface area contributed by atoms with Gasteiger partial charge < -0.3 is 4.52 Å². The highest BCUT2D eigenvalue weighted by atomic mass is 16.5. The lowest BCUT2D eigenvalue weighted by Crippen LogP contribution is -2.33. The van der Waals surface area contributed by atoms with Crippen LogP contribution >= 0.6 is 0 Å². The van der Waals surface area contributed by atoms with E-state index in [-0.39, 0.29) is 6.04 Å². The molecule has 25 heavy (non-hydrogen) atoms. The van der Waals surface area contributed by atoms with Crippen molar-refractivity contribution in [3.63, 3.8) is 0 Å². The van der Waals surface area contributed by atoms with Crippen LogP contribution in [0.2, 0.25) is 0 Å². The van der Waals surface area contributed by atoms with Crippen LogP contribution in [0.15, 0.2) is 10.7 Å². The molecule has 0 radical (unpaired) electrons. The number of likely N-dealkylation sites (tertiary alicyclic amines) is 1. The van der Waals surface area contributed by atoms with Gasteiger partial charge in [0.15, 0.2) is 5.82 Å². The summed E-state index contributed by atoms with van der Waals surface area (Å²) in [4.78, 5) is 7.14. The summed E-state index contributed by atoms with van der Waals surface area (Å²) in [5.74, 6) is 2.26. The molecule has 136 valence electrons. The summed E-state index contributed by atoms with van der Waals surface area (Å²) < 4.78 is 7.36. The third kappa shape index (κ3) is 3.50. The molecule has 0 N–H and O–H groups in total. The Labute approximate surface area is 149 Å². The van der Waals surface area contributed by atoms with Gasteiger partial charge in [-0.3, -0.25) is 9.58 Å². The number of piperidine rings is 1. The van der Waals surface area contributed by atoms with Gasteiger partial charge in [0.25, 0.3) is 0 Å². The minimum atomic E-state index is 0.273. The Morgan fingerprint density at radius 2 is 1.96 bits per heavy atom. The van der Waals surface area contributed by atoms with Crippen molar-refractivity contribution >= 4 is 0 Å². The van der Waals surface area contributed by atoms with Gasteiger partial charge in [0, 0.05) is 37.7 Å².